The van der Waals surface area contributed by atoms with Gasteiger partial charge >= 0.3 is 24.0 Å². The molecule has 1 atom stereocenters. The second-order valence-electron chi connectivity index (χ2n) is 3.55. The van der Waals surface area contributed by atoms with Crippen molar-refractivity contribution in [1.82, 2.24) is 4.67 Å². The van der Waals surface area contributed by atoms with Crippen molar-refractivity contribution in [2.24, 2.45) is 0 Å². The van der Waals surface area contributed by atoms with Gasteiger partial charge in [0.05, 0.1) is 19.1 Å². The molecule has 6 heteroatoms. The molecule has 4 nitrogen and oxygen atoms in total. The van der Waals surface area contributed by atoms with Crippen molar-refractivity contribution in [1.29, 1.82) is 5.26 Å². The SMILES string of the molecule is CC(C)N(C(C)C)P([O-])OCCC#N.[I+]. The molecular formula is C9H18IN2O2P. The van der Waals surface area contributed by atoms with Crippen molar-refractivity contribution in [2.75, 3.05) is 6.61 Å². The summed E-state index contributed by atoms with van der Waals surface area (Å²) >= 11 is 0. The standard InChI is InChI=1S/C9H18N2O2P.I/c1-8(2)11(9(3)4)14(12)13-7-5-6-10;/h8-9H,5,7H2,1-4H3;/q-1;+1. The molecule has 0 aliphatic heterocycles. The van der Waals surface area contributed by atoms with Crippen molar-refractivity contribution in [3.63, 3.8) is 0 Å². The van der Waals surface area contributed by atoms with Gasteiger partial charge in [0.15, 0.2) is 0 Å². The summed E-state index contributed by atoms with van der Waals surface area (Å²) in [4.78, 5) is 11.6. The summed E-state index contributed by atoms with van der Waals surface area (Å²) in [5.41, 5.74) is 0. The predicted molar refractivity (Wildman–Crippen MR) is 55.2 cm³/mol. The molecule has 0 fully saturated rings. The molecule has 0 aliphatic carbocycles. The highest BCUT2D eigenvalue weighted by molar-refractivity contribution is 7.42. The molecule has 0 aromatic carbocycles. The van der Waals surface area contributed by atoms with Crippen LogP contribution in [-0.4, -0.2) is 23.4 Å². The van der Waals surface area contributed by atoms with E-state index in [9.17, 15) is 4.89 Å². The van der Waals surface area contributed by atoms with E-state index in [1.807, 2.05) is 33.8 Å². The molecule has 1 unspecified atom stereocenters. The van der Waals surface area contributed by atoms with Crippen LogP contribution in [-0.2, 0) is 4.52 Å². The highest BCUT2D eigenvalue weighted by Crippen LogP contribution is 2.36. The fourth-order valence-corrected chi connectivity index (χ4v) is 2.34. The first-order valence-electron chi connectivity index (χ1n) is 4.76. The minimum Gasteiger partial charge on any atom is -0.796 e. The van der Waals surface area contributed by atoms with Crippen LogP contribution in [0, 0.1) is 11.3 Å². The number of hydrogen-bond donors (Lipinski definition) is 0. The zero-order valence-electron chi connectivity index (χ0n) is 9.61. The van der Waals surface area contributed by atoms with Crippen molar-refractivity contribution < 1.29 is 33.4 Å². The van der Waals surface area contributed by atoms with E-state index < -0.39 is 8.53 Å². The van der Waals surface area contributed by atoms with Crippen LogP contribution in [0.2, 0.25) is 0 Å². The van der Waals surface area contributed by atoms with Gasteiger partial charge in [-0.25, -0.2) is 0 Å². The lowest BCUT2D eigenvalue weighted by Gasteiger charge is -2.41. The Morgan fingerprint density at radius 3 is 2.13 bits per heavy atom. The zero-order chi connectivity index (χ0) is 11.1. The molecule has 0 aromatic rings. The number of rotatable bonds is 6. The highest BCUT2D eigenvalue weighted by atomic mass is 127. The number of nitriles is 1. The first-order valence-corrected chi connectivity index (χ1v) is 5.89. The molecule has 0 spiro atoms. The molecular weight excluding hydrogens is 326 g/mol. The first kappa shape index (κ1) is 17.9. The van der Waals surface area contributed by atoms with E-state index in [1.54, 1.807) is 4.67 Å². The van der Waals surface area contributed by atoms with E-state index in [2.05, 4.69) is 0 Å². The highest BCUT2D eigenvalue weighted by Gasteiger charge is 2.16. The summed E-state index contributed by atoms with van der Waals surface area (Å²) < 4.78 is 6.88. The molecule has 0 amide bonds. The zero-order valence-corrected chi connectivity index (χ0v) is 12.7. The van der Waals surface area contributed by atoms with E-state index in [0.29, 0.717) is 0 Å². The van der Waals surface area contributed by atoms with Crippen molar-refractivity contribution >= 4 is 8.53 Å². The Hall–Kier alpha value is 0.530. The molecule has 88 valence electrons. The third-order valence-corrected chi connectivity index (χ3v) is 3.37. The summed E-state index contributed by atoms with van der Waals surface area (Å²) in [5.74, 6) is 0. The average Bonchev–Trinajstić information content (AvgIpc) is 2.03. The van der Waals surface area contributed by atoms with Crippen LogP contribution >= 0.6 is 8.53 Å². The fraction of sp³-hybridized carbons (Fsp3) is 0.889. The average molecular weight is 344 g/mol. The second-order valence-corrected chi connectivity index (χ2v) is 4.74. The molecule has 0 saturated carbocycles. The summed E-state index contributed by atoms with van der Waals surface area (Å²) in [5, 5.41) is 8.30. The maximum Gasteiger partial charge on any atom is 1.00 e. The largest absolute Gasteiger partial charge is 1.00 e. The quantitative estimate of drug-likeness (QED) is 0.339. The Bertz CT molecular complexity index is 189. The maximum absolute atomic E-state index is 11.6. The second kappa shape index (κ2) is 9.73. The maximum atomic E-state index is 11.6. The molecule has 0 bridgehead atoms. The van der Waals surface area contributed by atoms with Gasteiger partial charge in [-0.2, -0.15) is 5.26 Å². The minimum atomic E-state index is -1.80. The van der Waals surface area contributed by atoms with Gasteiger partial charge in [0.1, 0.15) is 0 Å². The Morgan fingerprint density at radius 1 is 1.33 bits per heavy atom. The molecule has 0 heterocycles. The Morgan fingerprint density at radius 2 is 1.80 bits per heavy atom. The summed E-state index contributed by atoms with van der Waals surface area (Å²) in [6.45, 7) is 8.13. The van der Waals surface area contributed by atoms with Gasteiger partial charge in [0, 0.05) is 20.6 Å². The lowest BCUT2D eigenvalue weighted by atomic mass is 10.3. The third kappa shape index (κ3) is 7.42. The van der Waals surface area contributed by atoms with Crippen LogP contribution in [0.5, 0.6) is 0 Å². The topological polar surface area (TPSA) is 59.3 Å². The molecule has 0 aromatic heterocycles. The Labute approximate surface area is 111 Å². The van der Waals surface area contributed by atoms with Crippen molar-refractivity contribution in [3.8, 4) is 6.07 Å². The number of nitrogens with zero attached hydrogens (tertiary/aromatic N) is 2. The Balaban J connectivity index is 0. The van der Waals surface area contributed by atoms with E-state index >= 15 is 0 Å². The normalized spacial score (nSPS) is 12.7. The van der Waals surface area contributed by atoms with E-state index in [0.717, 1.165) is 0 Å². The fourth-order valence-electron chi connectivity index (χ4n) is 1.21. The van der Waals surface area contributed by atoms with Gasteiger partial charge in [0.2, 0.25) is 0 Å². The van der Waals surface area contributed by atoms with Gasteiger partial charge in [-0.1, -0.05) is 0 Å². The lowest BCUT2D eigenvalue weighted by molar-refractivity contribution is -0.196. The first-order chi connectivity index (χ1) is 6.50. The molecule has 2 radical (unpaired) electrons. The van der Waals surface area contributed by atoms with Gasteiger partial charge < -0.3 is 9.42 Å². The predicted octanol–water partition coefficient (Wildman–Crippen LogP) is -1.37. The van der Waals surface area contributed by atoms with E-state index in [4.69, 9.17) is 9.79 Å². The van der Waals surface area contributed by atoms with Gasteiger partial charge in [-0.15, -0.1) is 0 Å². The lowest BCUT2D eigenvalue weighted by Crippen LogP contribution is -3.00. The summed E-state index contributed by atoms with van der Waals surface area (Å²) in [7, 11) is -1.80. The van der Waals surface area contributed by atoms with Crippen LogP contribution < -0.4 is 28.9 Å². The van der Waals surface area contributed by atoms with Gasteiger partial charge in [-0.05, 0) is 27.7 Å². The molecule has 15 heavy (non-hydrogen) atoms. The summed E-state index contributed by atoms with van der Waals surface area (Å²) in [6, 6.07) is 2.31. The Kier molecular flexibility index (Phi) is 11.6. The molecule has 0 rings (SSSR count). The van der Waals surface area contributed by atoms with E-state index in [1.165, 1.54) is 0 Å². The molecule has 0 aliphatic rings. The van der Waals surface area contributed by atoms with Crippen LogP contribution in [0.15, 0.2) is 0 Å². The molecule has 0 saturated heterocycles. The van der Waals surface area contributed by atoms with Crippen molar-refractivity contribution in [3.05, 3.63) is 0 Å². The monoisotopic (exact) mass is 344 g/mol. The van der Waals surface area contributed by atoms with Gasteiger partial charge in [-0.3, -0.25) is 4.67 Å². The van der Waals surface area contributed by atoms with Crippen LogP contribution in [0.1, 0.15) is 34.1 Å². The van der Waals surface area contributed by atoms with Gasteiger partial charge in [0.25, 0.3) is 0 Å². The van der Waals surface area contributed by atoms with Crippen LogP contribution in [0.4, 0.5) is 0 Å². The number of hydrogen-bond acceptors (Lipinski definition) is 4. The third-order valence-electron chi connectivity index (χ3n) is 1.66. The van der Waals surface area contributed by atoms with Crippen molar-refractivity contribution in [2.45, 2.75) is 46.2 Å². The van der Waals surface area contributed by atoms with Crippen LogP contribution in [0.25, 0.3) is 0 Å². The summed E-state index contributed by atoms with van der Waals surface area (Å²) in [6.07, 6.45) is 0.283. The van der Waals surface area contributed by atoms with Crippen LogP contribution in [0.3, 0.4) is 0 Å². The number of halogens is 1. The smallest absolute Gasteiger partial charge is 0.796 e. The van der Waals surface area contributed by atoms with E-state index in [-0.39, 0.29) is 49.1 Å². The minimum absolute atomic E-state index is 0. The molecule has 0 N–H and O–H groups in total.